The van der Waals surface area contributed by atoms with Crippen molar-refractivity contribution in [2.24, 2.45) is 4.99 Å². The van der Waals surface area contributed by atoms with Gasteiger partial charge in [0.05, 0.1) is 22.8 Å². The molecular weight excluding hydrogens is 994 g/mol. The van der Waals surface area contributed by atoms with Crippen LogP contribution in [0.1, 0.15) is 124 Å². The van der Waals surface area contributed by atoms with E-state index < -0.39 is 39.2 Å². The Morgan fingerprint density at radius 3 is 2.47 bits per heavy atom. The third-order valence-corrected chi connectivity index (χ3v) is 16.3. The van der Waals surface area contributed by atoms with Crippen molar-refractivity contribution in [2.75, 3.05) is 48.8 Å². The minimum absolute atomic E-state index is 0.0158. The fraction of sp³-hybridized carbons (Fsp3) is 0.410. The Kier molecular flexibility index (Phi) is 16.1. The maximum Gasteiger partial charge on any atom is 0.359 e. The van der Waals surface area contributed by atoms with E-state index in [-0.39, 0.29) is 17.6 Å². The van der Waals surface area contributed by atoms with Crippen molar-refractivity contribution in [3.8, 4) is 28.5 Å². The number of hydrogen-bond donors (Lipinski definition) is 2. The number of carbonyl (C=O) groups excluding carboxylic acids is 2. The number of halogens is 1. The summed E-state index contributed by atoms with van der Waals surface area (Å²) in [5.41, 5.74) is 7.07. The lowest BCUT2D eigenvalue weighted by Crippen LogP contribution is -2.50. The number of aryl methyl sites for hydroxylation is 1. The molecule has 16 heteroatoms. The van der Waals surface area contributed by atoms with Gasteiger partial charge in [-0.1, -0.05) is 92.4 Å². The normalized spacial score (nSPS) is 17.0. The molecule has 0 fully saturated rings. The van der Waals surface area contributed by atoms with Crippen LogP contribution in [0.2, 0.25) is 0 Å². The Hall–Kier alpha value is -7.04. The highest BCUT2D eigenvalue weighted by molar-refractivity contribution is 7.85. The molecule has 4 aliphatic heterocycles. The molecule has 0 aliphatic carbocycles. The predicted molar refractivity (Wildman–Crippen MR) is 294 cm³/mol. The Bertz CT molecular complexity index is 3410. The van der Waals surface area contributed by atoms with Crippen molar-refractivity contribution in [1.29, 1.82) is 0 Å². The van der Waals surface area contributed by atoms with Crippen molar-refractivity contribution < 1.29 is 41.0 Å². The van der Waals surface area contributed by atoms with Gasteiger partial charge in [0.2, 0.25) is 11.3 Å². The molecule has 0 bridgehead atoms. The molecule has 14 nitrogen and oxygen atoms in total. The molecule has 1 amide bonds. The average Bonchev–Trinajstić information content (AvgIpc) is 3.85. The van der Waals surface area contributed by atoms with E-state index in [1.54, 1.807) is 16.8 Å². The van der Waals surface area contributed by atoms with E-state index in [9.17, 15) is 22.6 Å². The lowest BCUT2D eigenvalue weighted by Gasteiger charge is -2.48. The second-order valence-corrected chi connectivity index (χ2v) is 23.0. The van der Waals surface area contributed by atoms with Crippen molar-refractivity contribution >= 4 is 39.1 Å². The summed E-state index contributed by atoms with van der Waals surface area (Å²) >= 11 is 0. The van der Waals surface area contributed by atoms with E-state index >= 15 is 4.39 Å². The summed E-state index contributed by atoms with van der Waals surface area (Å²) in [5, 5.41) is 8.40. The van der Waals surface area contributed by atoms with Crippen LogP contribution in [-0.4, -0.2) is 79.9 Å². The minimum Gasteiger partial charge on any atom is -0.748 e. The third-order valence-electron chi connectivity index (χ3n) is 15.5. The number of benzene rings is 5. The largest absolute Gasteiger partial charge is 0.748 e. The van der Waals surface area contributed by atoms with Gasteiger partial charge in [0.15, 0.2) is 29.1 Å². The monoisotopic (exact) mass is 1060 g/mol. The number of fused-ring (bicyclic) bond motifs is 5. The summed E-state index contributed by atoms with van der Waals surface area (Å²) < 4.78 is 68.3. The number of aromatic nitrogens is 2. The molecule has 2 atom stereocenters. The first-order valence-electron chi connectivity index (χ1n) is 27.4. The summed E-state index contributed by atoms with van der Waals surface area (Å²) in [6.07, 6.45) is 11.6. The molecule has 5 aromatic carbocycles. The molecule has 0 spiro atoms. The minimum atomic E-state index is -4.52. The van der Waals surface area contributed by atoms with Crippen LogP contribution in [0.15, 0.2) is 114 Å². The Balaban J connectivity index is 0.649. The van der Waals surface area contributed by atoms with Crippen LogP contribution >= 0.6 is 0 Å². The topological polar surface area (TPSA) is 169 Å². The van der Waals surface area contributed by atoms with Gasteiger partial charge in [-0.3, -0.25) is 10.1 Å². The van der Waals surface area contributed by atoms with Crippen LogP contribution in [0.25, 0.3) is 11.3 Å². The zero-order valence-electron chi connectivity index (χ0n) is 44.4. The molecule has 1 aromatic heterocycles. The zero-order valence-corrected chi connectivity index (χ0v) is 45.2. The highest BCUT2D eigenvalue weighted by Gasteiger charge is 2.42. The summed E-state index contributed by atoms with van der Waals surface area (Å²) in [6, 6.07) is 32.2. The van der Waals surface area contributed by atoms with E-state index in [1.807, 2.05) is 78.9 Å². The molecule has 10 rings (SSSR count). The number of anilines is 2. The summed E-state index contributed by atoms with van der Waals surface area (Å²) in [5.74, 6) is 0.505. The molecular formula is C61H69FN7O7S+. The van der Waals surface area contributed by atoms with Crippen molar-refractivity contribution in [1.82, 2.24) is 14.9 Å². The van der Waals surface area contributed by atoms with Crippen LogP contribution in [0.5, 0.6) is 17.2 Å². The molecule has 5 heterocycles. The van der Waals surface area contributed by atoms with E-state index in [4.69, 9.17) is 19.5 Å². The lowest BCUT2D eigenvalue weighted by molar-refractivity contribution is -0.552. The van der Waals surface area contributed by atoms with Gasteiger partial charge < -0.3 is 24.2 Å². The maximum absolute atomic E-state index is 15.4. The molecule has 0 radical (unpaired) electrons. The van der Waals surface area contributed by atoms with Gasteiger partial charge in [0.25, 0.3) is 0 Å². The number of unbranched alkanes of at least 4 members (excludes halogenated alkanes) is 5. The number of amides is 1. The smallest absolute Gasteiger partial charge is 0.359 e. The van der Waals surface area contributed by atoms with Crippen molar-refractivity contribution in [2.45, 2.75) is 122 Å². The molecule has 2 unspecified atom stereocenters. The van der Waals surface area contributed by atoms with E-state index in [0.717, 1.165) is 97.9 Å². The van der Waals surface area contributed by atoms with Crippen molar-refractivity contribution in [3.05, 3.63) is 154 Å². The van der Waals surface area contributed by atoms with Crippen molar-refractivity contribution in [3.63, 3.8) is 0 Å². The highest BCUT2D eigenvalue weighted by Crippen LogP contribution is 2.49. The molecule has 0 saturated heterocycles. The molecule has 402 valence electrons. The van der Waals surface area contributed by atoms with E-state index in [0.29, 0.717) is 86.1 Å². The standard InChI is InChI=1S/C61H68FN7O7S/c1-4-67-28-17-23-44-34-48-56(36-53(44)67)76-57-37-54-46(35-49(57)64-48)45(40-77(72,73)74)38-61(2,3)69(54)29-18-24-58(70)63-27-15-7-5-6-8-16-30-75-55-26-25-42(31-47(55)62)33-51-60(71)68-39-52(43-21-13-10-14-22-43)65-50(59(68)66-51)32-41-19-11-9-12-20-41/h9-14,19-22,25-26,31,34-37,39,45,51H,4-8,15-18,23-24,27-30,32-33,38,40H2,1-3H3,(H-,63,70,72,73,74)/p+1. The number of ether oxygens (including phenoxy) is 2. The SMILES string of the molecule is CC[N+]1=c2cc3c(cc2CCC1)=Nc1cc2c(cc1O3)N(CCCC(=O)NCCCCCCCCOc1ccc(CC3Nc4c(Cc5ccccc5)nc(-c5ccccc5)c[n+]4C3=O)cc1F)C(C)(C)CC2CS(=O)(=O)[O-]. The Morgan fingerprint density at radius 2 is 1.70 bits per heavy atom. The second-order valence-electron chi connectivity index (χ2n) is 21.6. The van der Waals surface area contributed by atoms with Gasteiger partial charge in [-0.15, -0.1) is 0 Å². The fourth-order valence-corrected chi connectivity index (χ4v) is 12.4. The van der Waals surface area contributed by atoms with Crippen LogP contribution in [0.4, 0.5) is 21.6 Å². The van der Waals surface area contributed by atoms with Gasteiger partial charge in [-0.2, -0.15) is 4.57 Å². The van der Waals surface area contributed by atoms with Gasteiger partial charge in [0.1, 0.15) is 41.7 Å². The number of carbonyl (C=O) groups is 2. The summed E-state index contributed by atoms with van der Waals surface area (Å²) in [4.78, 5) is 39.1. The first-order chi connectivity index (χ1) is 37.2. The Morgan fingerprint density at radius 1 is 0.935 bits per heavy atom. The second kappa shape index (κ2) is 23.3. The third kappa shape index (κ3) is 12.6. The number of nitrogens with one attached hydrogen (secondary N) is 2. The molecule has 2 N–H and O–H groups in total. The van der Waals surface area contributed by atoms with Crippen LogP contribution in [0.3, 0.4) is 0 Å². The quantitative estimate of drug-likeness (QED) is 0.0380. The molecule has 0 saturated carbocycles. The van der Waals surface area contributed by atoms with Crippen LogP contribution in [-0.2, 0) is 34.2 Å². The van der Waals surface area contributed by atoms with Gasteiger partial charge in [-0.25, -0.2) is 32.2 Å². The number of nitrogens with zero attached hydrogens (tertiary/aromatic N) is 5. The first kappa shape index (κ1) is 53.4. The molecule has 77 heavy (non-hydrogen) atoms. The molecule has 6 aromatic rings. The van der Waals surface area contributed by atoms with E-state index in [2.05, 4.69) is 53.0 Å². The Labute approximate surface area is 450 Å². The van der Waals surface area contributed by atoms with Gasteiger partial charge >= 0.3 is 11.7 Å². The average molecular weight is 1060 g/mol. The number of rotatable bonds is 22. The summed E-state index contributed by atoms with van der Waals surface area (Å²) in [6.45, 7) is 9.69. The lowest BCUT2D eigenvalue weighted by atomic mass is 9.79. The highest BCUT2D eigenvalue weighted by atomic mass is 32.2. The summed E-state index contributed by atoms with van der Waals surface area (Å²) in [7, 11) is -4.52. The predicted octanol–water partition coefficient (Wildman–Crippen LogP) is 8.89. The maximum atomic E-state index is 15.4. The number of hydrogen-bond acceptors (Lipinski definition) is 11. The van der Waals surface area contributed by atoms with Crippen LogP contribution < -0.4 is 44.9 Å². The fourth-order valence-electron chi connectivity index (χ4n) is 11.6. The first-order valence-corrected chi connectivity index (χ1v) is 29.0. The van der Waals surface area contributed by atoms with Gasteiger partial charge in [0, 0.05) is 78.9 Å². The van der Waals surface area contributed by atoms with Gasteiger partial charge in [-0.05, 0) is 93.8 Å². The van der Waals surface area contributed by atoms with E-state index in [1.165, 1.54) is 17.0 Å². The zero-order chi connectivity index (χ0) is 53.7. The molecule has 4 aliphatic rings. The van der Waals surface area contributed by atoms with Crippen LogP contribution in [0, 0.1) is 5.82 Å².